The molecule has 78 valence electrons. The fraction of sp³-hybridized carbons (Fsp3) is 0.333. The third-order valence-electron chi connectivity index (χ3n) is 1.80. The van der Waals surface area contributed by atoms with Crippen LogP contribution in [0.4, 0.5) is 0 Å². The van der Waals surface area contributed by atoms with Crippen LogP contribution in [-0.2, 0) is 9.84 Å². The van der Waals surface area contributed by atoms with Crippen LogP contribution in [0.1, 0.15) is 17.3 Å². The molecule has 0 saturated carbocycles. The SMILES string of the molecule is CC(Br)c1ccc(Br)cc1S(C)(=O)=O. The maximum atomic E-state index is 11.5. The first-order chi connectivity index (χ1) is 6.32. The van der Waals surface area contributed by atoms with Gasteiger partial charge in [0, 0.05) is 15.6 Å². The number of alkyl halides is 1. The highest BCUT2D eigenvalue weighted by atomic mass is 79.9. The number of hydrogen-bond donors (Lipinski definition) is 0. The highest BCUT2D eigenvalue weighted by molar-refractivity contribution is 9.10. The highest BCUT2D eigenvalue weighted by Gasteiger charge is 2.16. The third kappa shape index (κ3) is 2.81. The summed E-state index contributed by atoms with van der Waals surface area (Å²) >= 11 is 6.63. The Labute approximate surface area is 101 Å². The lowest BCUT2D eigenvalue weighted by molar-refractivity contribution is 0.600. The molecule has 2 nitrogen and oxygen atoms in total. The van der Waals surface area contributed by atoms with Gasteiger partial charge in [0.05, 0.1) is 4.90 Å². The van der Waals surface area contributed by atoms with Crippen LogP contribution in [0.3, 0.4) is 0 Å². The van der Waals surface area contributed by atoms with Gasteiger partial charge in [0.15, 0.2) is 9.84 Å². The van der Waals surface area contributed by atoms with Crippen LogP contribution in [0.2, 0.25) is 0 Å². The maximum Gasteiger partial charge on any atom is 0.175 e. The summed E-state index contributed by atoms with van der Waals surface area (Å²) in [4.78, 5) is 0.400. The van der Waals surface area contributed by atoms with Crippen molar-refractivity contribution >= 4 is 41.7 Å². The van der Waals surface area contributed by atoms with Crippen molar-refractivity contribution < 1.29 is 8.42 Å². The van der Waals surface area contributed by atoms with Gasteiger partial charge in [0.2, 0.25) is 0 Å². The van der Waals surface area contributed by atoms with Crippen LogP contribution in [-0.4, -0.2) is 14.7 Å². The van der Waals surface area contributed by atoms with Gasteiger partial charge in [-0.1, -0.05) is 37.9 Å². The van der Waals surface area contributed by atoms with Gasteiger partial charge in [0.1, 0.15) is 0 Å². The van der Waals surface area contributed by atoms with Crippen molar-refractivity contribution in [2.75, 3.05) is 6.26 Å². The summed E-state index contributed by atoms with van der Waals surface area (Å²) in [6.45, 7) is 1.90. The van der Waals surface area contributed by atoms with Crippen LogP contribution in [0.5, 0.6) is 0 Å². The number of benzene rings is 1. The molecule has 0 aliphatic rings. The standard InChI is InChI=1S/C9H10Br2O2S/c1-6(10)8-4-3-7(11)5-9(8)14(2,12)13/h3-6H,1-2H3. The molecule has 0 spiro atoms. The molecule has 5 heteroatoms. The van der Waals surface area contributed by atoms with E-state index in [4.69, 9.17) is 0 Å². The molecule has 0 amide bonds. The zero-order valence-electron chi connectivity index (χ0n) is 7.79. The number of hydrogen-bond acceptors (Lipinski definition) is 2. The Morgan fingerprint density at radius 1 is 1.36 bits per heavy atom. The van der Waals surface area contributed by atoms with Gasteiger partial charge in [-0.2, -0.15) is 0 Å². The van der Waals surface area contributed by atoms with Crippen molar-refractivity contribution in [1.82, 2.24) is 0 Å². The van der Waals surface area contributed by atoms with Crippen molar-refractivity contribution in [1.29, 1.82) is 0 Å². The molecule has 14 heavy (non-hydrogen) atoms. The molecule has 0 bridgehead atoms. The second kappa shape index (κ2) is 4.33. The molecule has 1 aromatic rings. The minimum absolute atomic E-state index is 0.0281. The summed E-state index contributed by atoms with van der Waals surface area (Å²) in [5.74, 6) is 0. The van der Waals surface area contributed by atoms with E-state index in [2.05, 4.69) is 31.9 Å². The summed E-state index contributed by atoms with van der Waals surface area (Å²) in [6, 6.07) is 5.27. The normalized spacial score (nSPS) is 14.0. The van der Waals surface area contributed by atoms with Crippen LogP contribution in [0.15, 0.2) is 27.6 Å². The Balaban J connectivity index is 3.46. The summed E-state index contributed by atoms with van der Waals surface area (Å²) in [7, 11) is -3.16. The Hall–Kier alpha value is 0.130. The first-order valence-corrected chi connectivity index (χ1v) is 7.56. The van der Waals surface area contributed by atoms with E-state index >= 15 is 0 Å². The van der Waals surface area contributed by atoms with E-state index in [1.54, 1.807) is 12.1 Å². The number of rotatable bonds is 2. The first kappa shape index (κ1) is 12.2. The van der Waals surface area contributed by atoms with E-state index in [9.17, 15) is 8.42 Å². The Kier molecular flexibility index (Phi) is 3.77. The Bertz CT molecular complexity index is 438. The Morgan fingerprint density at radius 3 is 2.36 bits per heavy atom. The maximum absolute atomic E-state index is 11.5. The second-order valence-corrected chi connectivity index (χ2v) is 7.34. The smallest absolute Gasteiger partial charge is 0.175 e. The van der Waals surface area contributed by atoms with E-state index in [0.717, 1.165) is 10.0 Å². The van der Waals surface area contributed by atoms with Gasteiger partial charge >= 0.3 is 0 Å². The molecule has 0 N–H and O–H groups in total. The van der Waals surface area contributed by atoms with Gasteiger partial charge in [-0.05, 0) is 24.6 Å². The van der Waals surface area contributed by atoms with Crippen molar-refractivity contribution in [3.8, 4) is 0 Å². The van der Waals surface area contributed by atoms with Gasteiger partial charge in [0.25, 0.3) is 0 Å². The van der Waals surface area contributed by atoms with E-state index in [-0.39, 0.29) is 4.83 Å². The fourth-order valence-electron chi connectivity index (χ4n) is 1.16. The van der Waals surface area contributed by atoms with Gasteiger partial charge in [-0.15, -0.1) is 0 Å². The lowest BCUT2D eigenvalue weighted by Crippen LogP contribution is -2.02. The molecule has 0 saturated heterocycles. The van der Waals surface area contributed by atoms with Crippen LogP contribution >= 0.6 is 31.9 Å². The average Bonchev–Trinajstić information content (AvgIpc) is 2.01. The first-order valence-electron chi connectivity index (χ1n) is 3.96. The lowest BCUT2D eigenvalue weighted by Gasteiger charge is -2.10. The quantitative estimate of drug-likeness (QED) is 0.773. The highest BCUT2D eigenvalue weighted by Crippen LogP contribution is 2.30. The Morgan fingerprint density at radius 2 is 1.93 bits per heavy atom. The van der Waals surface area contributed by atoms with Crippen molar-refractivity contribution in [2.45, 2.75) is 16.6 Å². The molecular weight excluding hydrogens is 332 g/mol. The van der Waals surface area contributed by atoms with E-state index < -0.39 is 9.84 Å². The molecule has 1 rings (SSSR count). The third-order valence-corrected chi connectivity index (χ3v) is 3.94. The topological polar surface area (TPSA) is 34.1 Å². The van der Waals surface area contributed by atoms with E-state index in [1.165, 1.54) is 6.26 Å². The summed E-state index contributed by atoms with van der Waals surface area (Å²) in [5.41, 5.74) is 0.788. The van der Waals surface area contributed by atoms with Crippen molar-refractivity contribution in [2.24, 2.45) is 0 Å². The fourth-order valence-corrected chi connectivity index (χ4v) is 3.24. The van der Waals surface area contributed by atoms with Crippen LogP contribution < -0.4 is 0 Å². The molecule has 0 fully saturated rings. The summed E-state index contributed by atoms with van der Waals surface area (Å²) in [5, 5.41) is 0. The lowest BCUT2D eigenvalue weighted by atomic mass is 10.2. The number of sulfone groups is 1. The van der Waals surface area contributed by atoms with E-state index in [0.29, 0.717) is 4.90 Å². The van der Waals surface area contributed by atoms with Crippen molar-refractivity contribution in [3.63, 3.8) is 0 Å². The molecule has 0 aliphatic carbocycles. The van der Waals surface area contributed by atoms with Crippen LogP contribution in [0.25, 0.3) is 0 Å². The largest absolute Gasteiger partial charge is 0.224 e. The number of halogens is 2. The minimum atomic E-state index is -3.16. The molecule has 1 atom stereocenters. The molecule has 1 aromatic carbocycles. The summed E-state index contributed by atoms with van der Waals surface area (Å²) in [6.07, 6.45) is 1.22. The van der Waals surface area contributed by atoms with E-state index in [1.807, 2.05) is 13.0 Å². The molecule has 0 heterocycles. The van der Waals surface area contributed by atoms with Gasteiger partial charge in [-0.3, -0.25) is 0 Å². The molecule has 0 radical (unpaired) electrons. The van der Waals surface area contributed by atoms with Crippen molar-refractivity contribution in [3.05, 3.63) is 28.2 Å². The molecule has 0 aliphatic heterocycles. The second-order valence-electron chi connectivity index (χ2n) is 3.07. The zero-order valence-corrected chi connectivity index (χ0v) is 11.8. The predicted octanol–water partition coefficient (Wildman–Crippen LogP) is 3.31. The summed E-state index contributed by atoms with van der Waals surface area (Å²) < 4.78 is 23.7. The minimum Gasteiger partial charge on any atom is -0.224 e. The van der Waals surface area contributed by atoms with Gasteiger partial charge < -0.3 is 0 Å². The predicted molar refractivity (Wildman–Crippen MR) is 64.6 cm³/mol. The van der Waals surface area contributed by atoms with Gasteiger partial charge in [-0.25, -0.2) is 8.42 Å². The monoisotopic (exact) mass is 340 g/mol. The molecule has 1 unspecified atom stereocenters. The zero-order chi connectivity index (χ0) is 10.9. The molecule has 0 aromatic heterocycles. The van der Waals surface area contributed by atoms with Crippen LogP contribution in [0, 0.1) is 0 Å². The average molecular weight is 342 g/mol. The molecular formula is C9H10Br2O2S.